The number of carbonyl (C=O) groups excluding carboxylic acids is 1. The van der Waals surface area contributed by atoms with Gasteiger partial charge >= 0.3 is 0 Å². The normalized spacial score (nSPS) is 23.4. The first-order valence-electron chi connectivity index (χ1n) is 3.57. The molecule has 0 aromatic rings. The molecule has 1 fully saturated rings. The molecule has 0 aliphatic carbocycles. The number of nitrogens with one attached hydrogen (secondary N) is 2. The van der Waals surface area contributed by atoms with E-state index in [-0.39, 0.29) is 5.91 Å². The summed E-state index contributed by atoms with van der Waals surface area (Å²) in [7, 11) is -3.47. The number of rotatable bonds is 1. The third-order valence-electron chi connectivity index (χ3n) is 1.39. The summed E-state index contributed by atoms with van der Waals surface area (Å²) in [5, 5.41) is 0. The molecule has 12 heavy (non-hydrogen) atoms. The van der Waals surface area contributed by atoms with Crippen LogP contribution < -0.4 is 10.1 Å². The lowest BCUT2D eigenvalue weighted by molar-refractivity contribution is -0.121. The summed E-state index contributed by atoms with van der Waals surface area (Å²) in [4.78, 5) is 10.6. The second-order valence-electron chi connectivity index (χ2n) is 2.49. The average molecular weight is 193 g/mol. The van der Waals surface area contributed by atoms with Crippen LogP contribution in [0.5, 0.6) is 0 Å². The van der Waals surface area contributed by atoms with Crippen molar-refractivity contribution in [2.75, 3.05) is 13.1 Å². The van der Waals surface area contributed by atoms with Crippen LogP contribution in [-0.2, 0) is 15.0 Å². The van der Waals surface area contributed by atoms with E-state index in [1.165, 1.54) is 6.92 Å². The Bertz CT molecular complexity index is 274. The van der Waals surface area contributed by atoms with Gasteiger partial charge < -0.3 is 0 Å². The van der Waals surface area contributed by atoms with Crippen LogP contribution in [0.25, 0.3) is 0 Å². The molecule has 1 amide bonds. The smallest absolute Gasteiger partial charge is 0.275 e. The fourth-order valence-electron chi connectivity index (χ4n) is 0.914. The van der Waals surface area contributed by atoms with Gasteiger partial charge in [0.2, 0.25) is 5.91 Å². The maximum absolute atomic E-state index is 11.1. The maximum atomic E-state index is 11.1. The van der Waals surface area contributed by atoms with Crippen LogP contribution >= 0.6 is 0 Å². The fraction of sp³-hybridized carbons (Fsp3) is 0.800. The van der Waals surface area contributed by atoms with Crippen molar-refractivity contribution in [1.82, 2.24) is 14.6 Å². The van der Waals surface area contributed by atoms with Gasteiger partial charge in [0.05, 0.1) is 0 Å². The van der Waals surface area contributed by atoms with Crippen molar-refractivity contribution in [3.63, 3.8) is 0 Å². The predicted molar refractivity (Wildman–Crippen MR) is 42.1 cm³/mol. The van der Waals surface area contributed by atoms with E-state index in [0.29, 0.717) is 19.5 Å². The van der Waals surface area contributed by atoms with E-state index in [0.717, 1.165) is 4.41 Å². The number of amides is 1. The van der Waals surface area contributed by atoms with Gasteiger partial charge in [-0.3, -0.25) is 10.2 Å². The minimum absolute atomic E-state index is 0.328. The monoisotopic (exact) mass is 193 g/mol. The molecule has 7 heteroatoms. The van der Waals surface area contributed by atoms with E-state index in [4.69, 9.17) is 0 Å². The molecule has 1 saturated heterocycles. The zero-order chi connectivity index (χ0) is 9.19. The summed E-state index contributed by atoms with van der Waals surface area (Å²) in [6.07, 6.45) is 0.694. The van der Waals surface area contributed by atoms with Gasteiger partial charge in [-0.25, -0.2) is 4.72 Å². The molecule has 1 rings (SSSR count). The van der Waals surface area contributed by atoms with Gasteiger partial charge in [-0.1, -0.05) is 0 Å². The number of nitrogens with zero attached hydrogens (tertiary/aromatic N) is 1. The van der Waals surface area contributed by atoms with E-state index in [9.17, 15) is 13.2 Å². The van der Waals surface area contributed by atoms with Crippen molar-refractivity contribution in [3.8, 4) is 0 Å². The van der Waals surface area contributed by atoms with E-state index in [1.54, 1.807) is 0 Å². The van der Waals surface area contributed by atoms with Crippen molar-refractivity contribution in [1.29, 1.82) is 0 Å². The minimum Gasteiger partial charge on any atom is -0.275 e. The fourth-order valence-corrected chi connectivity index (χ4v) is 2.09. The Morgan fingerprint density at radius 1 is 1.58 bits per heavy atom. The summed E-state index contributed by atoms with van der Waals surface area (Å²) in [6, 6.07) is 0. The van der Waals surface area contributed by atoms with Crippen LogP contribution in [0.4, 0.5) is 0 Å². The van der Waals surface area contributed by atoms with Crippen molar-refractivity contribution < 1.29 is 13.2 Å². The SMILES string of the molecule is CC(=O)NN1CCCNS1(=O)=O. The van der Waals surface area contributed by atoms with Crippen molar-refractivity contribution in [2.24, 2.45) is 0 Å². The highest BCUT2D eigenvalue weighted by Gasteiger charge is 2.25. The van der Waals surface area contributed by atoms with Gasteiger partial charge in [-0.15, -0.1) is 4.41 Å². The zero-order valence-electron chi connectivity index (χ0n) is 6.70. The summed E-state index contributed by atoms with van der Waals surface area (Å²) < 4.78 is 25.4. The second kappa shape index (κ2) is 3.38. The quantitative estimate of drug-likeness (QED) is 0.536. The molecule has 70 valence electrons. The van der Waals surface area contributed by atoms with Crippen LogP contribution in [0.3, 0.4) is 0 Å². The Balaban J connectivity index is 2.67. The molecule has 6 nitrogen and oxygen atoms in total. The summed E-state index contributed by atoms with van der Waals surface area (Å²) in [5.74, 6) is -0.387. The molecule has 0 saturated carbocycles. The molecule has 0 atom stereocenters. The molecule has 0 aromatic heterocycles. The molecule has 1 aliphatic heterocycles. The first-order valence-corrected chi connectivity index (χ1v) is 5.01. The third kappa shape index (κ3) is 2.16. The van der Waals surface area contributed by atoms with Crippen LogP contribution in [0.2, 0.25) is 0 Å². The number of carbonyl (C=O) groups is 1. The van der Waals surface area contributed by atoms with Gasteiger partial charge in [0.15, 0.2) is 0 Å². The van der Waals surface area contributed by atoms with Gasteiger partial charge in [-0.05, 0) is 6.42 Å². The van der Waals surface area contributed by atoms with Gasteiger partial charge in [0.1, 0.15) is 0 Å². The third-order valence-corrected chi connectivity index (χ3v) is 2.82. The van der Waals surface area contributed by atoms with Crippen LogP contribution in [0, 0.1) is 0 Å². The highest BCUT2D eigenvalue weighted by Crippen LogP contribution is 2.00. The lowest BCUT2D eigenvalue weighted by Crippen LogP contribution is -2.54. The molecule has 0 aromatic carbocycles. The highest BCUT2D eigenvalue weighted by molar-refractivity contribution is 7.87. The molecule has 1 heterocycles. The van der Waals surface area contributed by atoms with E-state index < -0.39 is 10.2 Å². The highest BCUT2D eigenvalue weighted by atomic mass is 32.2. The summed E-state index contributed by atoms with van der Waals surface area (Å²) in [6.45, 7) is 2.03. The molecule has 1 aliphatic rings. The topological polar surface area (TPSA) is 78.5 Å². The van der Waals surface area contributed by atoms with Crippen molar-refractivity contribution in [3.05, 3.63) is 0 Å². The molecule has 2 N–H and O–H groups in total. The Hall–Kier alpha value is -0.660. The number of hydrazine groups is 1. The van der Waals surface area contributed by atoms with Crippen LogP contribution in [-0.4, -0.2) is 31.8 Å². The molecular weight excluding hydrogens is 182 g/mol. The predicted octanol–water partition coefficient (Wildman–Crippen LogP) is -1.42. The van der Waals surface area contributed by atoms with Crippen molar-refractivity contribution in [2.45, 2.75) is 13.3 Å². The lowest BCUT2D eigenvalue weighted by atomic mass is 10.4. The molecule has 0 spiro atoms. The Kier molecular flexibility index (Phi) is 2.65. The zero-order valence-corrected chi connectivity index (χ0v) is 7.52. The summed E-state index contributed by atoms with van der Waals surface area (Å²) >= 11 is 0. The number of hydrogen-bond donors (Lipinski definition) is 2. The van der Waals surface area contributed by atoms with E-state index in [2.05, 4.69) is 10.1 Å². The van der Waals surface area contributed by atoms with Crippen LogP contribution in [0.1, 0.15) is 13.3 Å². The van der Waals surface area contributed by atoms with Gasteiger partial charge in [-0.2, -0.15) is 8.42 Å². The largest absolute Gasteiger partial charge is 0.296 e. The van der Waals surface area contributed by atoms with Gasteiger partial charge in [0.25, 0.3) is 10.2 Å². The standard InChI is InChI=1S/C5H11N3O3S/c1-5(9)7-8-4-2-3-6-12(8,10)11/h6H,2-4H2,1H3,(H,7,9). The molecule has 0 unspecified atom stereocenters. The van der Waals surface area contributed by atoms with E-state index in [1.807, 2.05) is 0 Å². The summed E-state index contributed by atoms with van der Waals surface area (Å²) in [5.41, 5.74) is 2.22. The maximum Gasteiger partial charge on any atom is 0.296 e. The van der Waals surface area contributed by atoms with Crippen molar-refractivity contribution >= 4 is 16.1 Å². The van der Waals surface area contributed by atoms with Crippen LogP contribution in [0.15, 0.2) is 0 Å². The van der Waals surface area contributed by atoms with E-state index >= 15 is 0 Å². The minimum atomic E-state index is -3.47. The Morgan fingerprint density at radius 3 is 2.75 bits per heavy atom. The second-order valence-corrected chi connectivity index (χ2v) is 4.17. The average Bonchev–Trinajstić information content (AvgIpc) is 1.92. The molecular formula is C5H11N3O3S. The Labute approximate surface area is 71.1 Å². The Morgan fingerprint density at radius 2 is 2.25 bits per heavy atom. The number of hydrogen-bond acceptors (Lipinski definition) is 3. The first kappa shape index (κ1) is 9.43. The first-order chi connectivity index (χ1) is 5.52. The lowest BCUT2D eigenvalue weighted by Gasteiger charge is -2.26. The molecule has 0 radical (unpaired) electrons. The van der Waals surface area contributed by atoms with Gasteiger partial charge in [0, 0.05) is 20.0 Å². The molecule has 0 bridgehead atoms.